The van der Waals surface area contributed by atoms with Crippen molar-refractivity contribution in [3.63, 3.8) is 0 Å². The highest BCUT2D eigenvalue weighted by Crippen LogP contribution is 2.31. The van der Waals surface area contributed by atoms with Gasteiger partial charge in [0.25, 0.3) is 0 Å². The Morgan fingerprint density at radius 1 is 0.744 bits per heavy atom. The zero-order chi connectivity index (χ0) is 27.3. The summed E-state index contributed by atoms with van der Waals surface area (Å²) in [5.74, 6) is -0.159. The third kappa shape index (κ3) is 8.85. The van der Waals surface area contributed by atoms with E-state index in [9.17, 15) is 4.79 Å². The molecule has 1 aliphatic heterocycles. The first-order chi connectivity index (χ1) is 19.1. The summed E-state index contributed by atoms with van der Waals surface area (Å²) < 4.78 is 32.0. The number of carbonyl (C=O) groups excluding carboxylic acids is 1. The third-order valence-electron chi connectivity index (χ3n) is 6.38. The first-order valence-corrected chi connectivity index (χ1v) is 13.2. The van der Waals surface area contributed by atoms with Gasteiger partial charge in [-0.25, -0.2) is 0 Å². The van der Waals surface area contributed by atoms with Crippen LogP contribution < -0.4 is 5.32 Å². The number of hydrogen-bond donors (Lipinski definition) is 1. The summed E-state index contributed by atoms with van der Waals surface area (Å²) in [6, 6.07) is 29.8. The zero-order valence-corrected chi connectivity index (χ0v) is 22.3. The third-order valence-corrected chi connectivity index (χ3v) is 6.38. The second-order valence-electron chi connectivity index (χ2n) is 9.39. The number of hydrogen-bond acceptors (Lipinski definition) is 6. The summed E-state index contributed by atoms with van der Waals surface area (Å²) in [5.41, 5.74) is 3.06. The van der Waals surface area contributed by atoms with E-state index >= 15 is 0 Å². The molecule has 1 N–H and O–H groups in total. The van der Waals surface area contributed by atoms with Crippen LogP contribution in [0, 0.1) is 0 Å². The van der Waals surface area contributed by atoms with Crippen LogP contribution in [0.3, 0.4) is 0 Å². The van der Waals surface area contributed by atoms with Crippen molar-refractivity contribution in [2.24, 2.45) is 0 Å². The molecule has 206 valence electrons. The number of carbonyl (C=O) groups is 1. The molecule has 0 spiro atoms. The highest BCUT2D eigenvalue weighted by atomic mass is 16.7. The smallest absolute Gasteiger partial charge is 0.216 e. The summed E-state index contributed by atoms with van der Waals surface area (Å²) in [5, 5.41) is 2.87. The molecule has 0 unspecified atom stereocenters. The Morgan fingerprint density at radius 2 is 1.21 bits per heavy atom. The van der Waals surface area contributed by atoms with Gasteiger partial charge in [-0.3, -0.25) is 4.79 Å². The van der Waals surface area contributed by atoms with Crippen LogP contribution in [0.5, 0.6) is 0 Å². The van der Waals surface area contributed by atoms with Crippen molar-refractivity contribution >= 4 is 5.91 Å². The second-order valence-corrected chi connectivity index (χ2v) is 9.39. The molecule has 1 heterocycles. The van der Waals surface area contributed by atoms with E-state index in [2.05, 4.69) is 11.9 Å². The Hall–Kier alpha value is -3.33. The van der Waals surface area contributed by atoms with E-state index < -0.39 is 30.7 Å². The normalized spacial score (nSPS) is 22.7. The van der Waals surface area contributed by atoms with Gasteiger partial charge < -0.3 is 29.0 Å². The molecule has 0 aromatic heterocycles. The van der Waals surface area contributed by atoms with Crippen molar-refractivity contribution in [2.75, 3.05) is 13.2 Å². The number of amides is 1. The summed E-state index contributed by atoms with van der Waals surface area (Å²) >= 11 is 0. The highest BCUT2D eigenvalue weighted by Gasteiger charge is 2.49. The highest BCUT2D eigenvalue weighted by molar-refractivity contribution is 5.72. The van der Waals surface area contributed by atoms with Gasteiger partial charge in [-0.05, 0) is 16.7 Å². The maximum atomic E-state index is 11.8. The molecule has 0 saturated carbocycles. The molecule has 39 heavy (non-hydrogen) atoms. The van der Waals surface area contributed by atoms with E-state index in [0.717, 1.165) is 16.7 Å². The summed E-state index contributed by atoms with van der Waals surface area (Å²) in [4.78, 5) is 11.8. The van der Waals surface area contributed by atoms with Gasteiger partial charge in [-0.1, -0.05) is 97.1 Å². The van der Waals surface area contributed by atoms with Gasteiger partial charge >= 0.3 is 0 Å². The van der Waals surface area contributed by atoms with E-state index in [-0.39, 0.29) is 19.1 Å². The molecule has 1 amide bonds. The SMILES string of the molecule is C=CCO[C@H]1O[C@H](CNC(C)=O)[C@@H](OCc2ccccc2)[C@H](OCc2ccccc2)[C@H]1OCc1ccccc1. The number of ether oxygens (including phenoxy) is 5. The van der Waals surface area contributed by atoms with E-state index in [1.54, 1.807) is 6.08 Å². The largest absolute Gasteiger partial charge is 0.368 e. The molecule has 7 nitrogen and oxygen atoms in total. The lowest BCUT2D eigenvalue weighted by Gasteiger charge is -2.46. The molecular formula is C32H37NO6. The maximum Gasteiger partial charge on any atom is 0.216 e. The molecule has 1 saturated heterocycles. The predicted octanol–water partition coefficient (Wildman–Crippen LogP) is 4.81. The lowest BCUT2D eigenvalue weighted by molar-refractivity contribution is -0.319. The van der Waals surface area contributed by atoms with Crippen LogP contribution in [0.4, 0.5) is 0 Å². The Kier molecular flexibility index (Phi) is 11.3. The lowest BCUT2D eigenvalue weighted by atomic mass is 9.97. The van der Waals surface area contributed by atoms with Crippen molar-refractivity contribution in [1.82, 2.24) is 5.32 Å². The molecule has 4 rings (SSSR count). The van der Waals surface area contributed by atoms with Crippen LogP contribution >= 0.6 is 0 Å². The van der Waals surface area contributed by atoms with Crippen molar-refractivity contribution in [2.45, 2.75) is 57.5 Å². The van der Waals surface area contributed by atoms with Crippen LogP contribution in [0.15, 0.2) is 104 Å². The monoisotopic (exact) mass is 531 g/mol. The van der Waals surface area contributed by atoms with E-state index in [4.69, 9.17) is 23.7 Å². The summed E-state index contributed by atoms with van der Waals surface area (Å²) in [6.07, 6.45) is -1.35. The molecule has 0 aliphatic carbocycles. The molecule has 3 aromatic carbocycles. The van der Waals surface area contributed by atoms with Crippen molar-refractivity contribution in [3.8, 4) is 0 Å². The molecule has 7 heteroatoms. The average molecular weight is 532 g/mol. The first-order valence-electron chi connectivity index (χ1n) is 13.2. The predicted molar refractivity (Wildman–Crippen MR) is 149 cm³/mol. The van der Waals surface area contributed by atoms with Crippen molar-refractivity contribution < 1.29 is 28.5 Å². The van der Waals surface area contributed by atoms with Gasteiger partial charge in [0.05, 0.1) is 26.4 Å². The van der Waals surface area contributed by atoms with Crippen LogP contribution in [0.25, 0.3) is 0 Å². The molecule has 5 atom stereocenters. The molecule has 0 radical (unpaired) electrons. The van der Waals surface area contributed by atoms with Crippen LogP contribution in [0.1, 0.15) is 23.6 Å². The molecular weight excluding hydrogens is 494 g/mol. The molecule has 1 aliphatic rings. The standard InChI is InChI=1S/C32H37NO6/c1-3-19-35-32-31(38-23-27-17-11-6-12-18-27)30(37-22-26-15-9-5-10-16-26)29(28(39-32)20-33-24(2)34)36-21-25-13-7-4-8-14-25/h3-18,28-32H,1,19-23H2,2H3,(H,33,34)/t28-,29-,30+,31-,32+/m1/s1. The quantitative estimate of drug-likeness (QED) is 0.301. The van der Waals surface area contributed by atoms with Gasteiger partial charge in [-0.2, -0.15) is 0 Å². The van der Waals surface area contributed by atoms with E-state index in [1.807, 2.05) is 91.0 Å². The summed E-state index contributed by atoms with van der Waals surface area (Å²) in [7, 11) is 0. The number of nitrogens with one attached hydrogen (secondary N) is 1. The fraction of sp³-hybridized carbons (Fsp3) is 0.344. The number of benzene rings is 3. The first kappa shape index (κ1) is 28.7. The van der Waals surface area contributed by atoms with E-state index in [1.165, 1.54) is 6.92 Å². The van der Waals surface area contributed by atoms with Gasteiger partial charge in [0.2, 0.25) is 5.91 Å². The average Bonchev–Trinajstić information content (AvgIpc) is 2.97. The fourth-order valence-corrected chi connectivity index (χ4v) is 4.45. The van der Waals surface area contributed by atoms with Gasteiger partial charge in [0.15, 0.2) is 6.29 Å². The van der Waals surface area contributed by atoms with Gasteiger partial charge in [0, 0.05) is 13.5 Å². The zero-order valence-electron chi connectivity index (χ0n) is 22.3. The molecule has 3 aromatic rings. The van der Waals surface area contributed by atoms with Crippen LogP contribution in [0.2, 0.25) is 0 Å². The minimum absolute atomic E-state index is 0.159. The van der Waals surface area contributed by atoms with Crippen LogP contribution in [-0.2, 0) is 48.3 Å². The van der Waals surface area contributed by atoms with Crippen molar-refractivity contribution in [3.05, 3.63) is 120 Å². The molecule has 1 fully saturated rings. The number of rotatable bonds is 14. The van der Waals surface area contributed by atoms with Crippen LogP contribution in [-0.4, -0.2) is 49.8 Å². The minimum Gasteiger partial charge on any atom is -0.368 e. The topological polar surface area (TPSA) is 75.3 Å². The Morgan fingerprint density at radius 3 is 1.67 bits per heavy atom. The second kappa shape index (κ2) is 15.3. The van der Waals surface area contributed by atoms with Gasteiger partial charge in [-0.15, -0.1) is 6.58 Å². The lowest BCUT2D eigenvalue weighted by Crippen LogP contribution is -2.62. The molecule has 0 bridgehead atoms. The Balaban J connectivity index is 1.63. The van der Waals surface area contributed by atoms with Crippen molar-refractivity contribution in [1.29, 1.82) is 0 Å². The minimum atomic E-state index is -0.761. The Labute approximate surface area is 230 Å². The van der Waals surface area contributed by atoms with E-state index in [0.29, 0.717) is 19.8 Å². The summed E-state index contributed by atoms with van der Waals surface area (Å²) in [6.45, 7) is 6.80. The maximum absolute atomic E-state index is 11.8. The van der Waals surface area contributed by atoms with Gasteiger partial charge in [0.1, 0.15) is 24.4 Å². The Bertz CT molecular complexity index is 1130. The fourth-order valence-electron chi connectivity index (χ4n) is 4.45.